The van der Waals surface area contributed by atoms with Crippen LogP contribution in [0.2, 0.25) is 5.02 Å². The summed E-state index contributed by atoms with van der Waals surface area (Å²) >= 11 is 6.01. The Balaban J connectivity index is 1.75. The molecule has 0 saturated heterocycles. The number of benzene rings is 2. The molecular formula is C25H31ClN2O3. The number of aryl methyl sites for hydroxylation is 1. The maximum absolute atomic E-state index is 13.2. The number of amides is 2. The van der Waals surface area contributed by atoms with E-state index < -0.39 is 6.04 Å². The summed E-state index contributed by atoms with van der Waals surface area (Å²) < 4.78 is 5.69. The summed E-state index contributed by atoms with van der Waals surface area (Å²) in [6.07, 6.45) is 4.83. The predicted molar refractivity (Wildman–Crippen MR) is 123 cm³/mol. The van der Waals surface area contributed by atoms with Crippen molar-refractivity contribution in [3.63, 3.8) is 0 Å². The van der Waals surface area contributed by atoms with Gasteiger partial charge in [-0.3, -0.25) is 9.59 Å². The highest BCUT2D eigenvalue weighted by Gasteiger charge is 2.30. The van der Waals surface area contributed by atoms with E-state index in [2.05, 4.69) is 5.32 Å². The van der Waals surface area contributed by atoms with Crippen LogP contribution < -0.4 is 10.1 Å². The Morgan fingerprint density at radius 2 is 1.87 bits per heavy atom. The van der Waals surface area contributed by atoms with Gasteiger partial charge in [0.15, 0.2) is 6.61 Å². The first-order chi connectivity index (χ1) is 15.0. The SMILES string of the molecule is CC[C@H](C(=O)NC1CCCC1)N(Cc1ccc(C)cc1)C(=O)COc1cccc(Cl)c1. The molecule has 1 aliphatic carbocycles. The highest BCUT2D eigenvalue weighted by molar-refractivity contribution is 6.30. The molecule has 2 amide bonds. The van der Waals surface area contributed by atoms with Gasteiger partial charge in [0.1, 0.15) is 11.8 Å². The summed E-state index contributed by atoms with van der Waals surface area (Å²) in [5.74, 6) is 0.214. The normalized spacial score (nSPS) is 14.8. The molecule has 0 bridgehead atoms. The molecule has 0 aliphatic heterocycles. The molecule has 1 atom stereocenters. The van der Waals surface area contributed by atoms with Crippen LogP contribution in [0.3, 0.4) is 0 Å². The van der Waals surface area contributed by atoms with Crippen LogP contribution in [0.1, 0.15) is 50.2 Å². The minimum absolute atomic E-state index is 0.0855. The molecule has 5 nitrogen and oxygen atoms in total. The highest BCUT2D eigenvalue weighted by Crippen LogP contribution is 2.20. The number of nitrogens with zero attached hydrogens (tertiary/aromatic N) is 1. The molecule has 1 aliphatic rings. The van der Waals surface area contributed by atoms with Crippen molar-refractivity contribution in [2.24, 2.45) is 0 Å². The first kappa shape index (κ1) is 23.1. The fourth-order valence-corrected chi connectivity index (χ4v) is 4.14. The molecule has 2 aromatic rings. The van der Waals surface area contributed by atoms with Crippen molar-refractivity contribution in [1.82, 2.24) is 10.2 Å². The Labute approximate surface area is 189 Å². The van der Waals surface area contributed by atoms with Crippen LogP contribution >= 0.6 is 11.6 Å². The zero-order valence-corrected chi connectivity index (χ0v) is 19.0. The molecule has 166 valence electrons. The molecule has 3 rings (SSSR count). The molecule has 1 saturated carbocycles. The number of nitrogens with one attached hydrogen (secondary N) is 1. The van der Waals surface area contributed by atoms with E-state index in [-0.39, 0.29) is 24.5 Å². The topological polar surface area (TPSA) is 58.6 Å². The highest BCUT2D eigenvalue weighted by atomic mass is 35.5. The van der Waals surface area contributed by atoms with Gasteiger partial charge in [-0.05, 0) is 49.9 Å². The largest absolute Gasteiger partial charge is 0.484 e. The van der Waals surface area contributed by atoms with Crippen LogP contribution in [-0.4, -0.2) is 35.4 Å². The first-order valence-electron chi connectivity index (χ1n) is 11.0. The van der Waals surface area contributed by atoms with Gasteiger partial charge in [0, 0.05) is 17.6 Å². The Morgan fingerprint density at radius 3 is 2.52 bits per heavy atom. The zero-order chi connectivity index (χ0) is 22.2. The number of hydrogen-bond acceptors (Lipinski definition) is 3. The average Bonchev–Trinajstić information content (AvgIpc) is 3.26. The second kappa shape index (κ2) is 11.2. The van der Waals surface area contributed by atoms with E-state index in [1.165, 1.54) is 0 Å². The predicted octanol–water partition coefficient (Wildman–Crippen LogP) is 4.89. The molecule has 0 radical (unpaired) electrons. The monoisotopic (exact) mass is 442 g/mol. The minimum atomic E-state index is -0.544. The molecule has 6 heteroatoms. The third-order valence-corrected chi connectivity index (χ3v) is 5.95. The number of halogens is 1. The maximum atomic E-state index is 13.2. The van der Waals surface area contributed by atoms with E-state index >= 15 is 0 Å². The van der Waals surface area contributed by atoms with E-state index in [1.807, 2.05) is 38.1 Å². The van der Waals surface area contributed by atoms with E-state index in [0.717, 1.165) is 36.8 Å². The van der Waals surface area contributed by atoms with Crippen molar-refractivity contribution < 1.29 is 14.3 Å². The van der Waals surface area contributed by atoms with Crippen molar-refractivity contribution >= 4 is 23.4 Å². The second-order valence-electron chi connectivity index (χ2n) is 8.17. The third-order valence-electron chi connectivity index (χ3n) is 5.72. The van der Waals surface area contributed by atoms with Gasteiger partial charge >= 0.3 is 0 Å². The summed E-state index contributed by atoms with van der Waals surface area (Å²) in [5.41, 5.74) is 2.13. The van der Waals surface area contributed by atoms with Crippen LogP contribution in [0.25, 0.3) is 0 Å². The third kappa shape index (κ3) is 6.73. The lowest BCUT2D eigenvalue weighted by molar-refractivity contribution is -0.143. The Kier molecular flexibility index (Phi) is 8.35. The van der Waals surface area contributed by atoms with Crippen molar-refractivity contribution in [1.29, 1.82) is 0 Å². The van der Waals surface area contributed by atoms with E-state index in [0.29, 0.717) is 23.7 Å². The number of carbonyl (C=O) groups is 2. The van der Waals surface area contributed by atoms with Crippen LogP contribution in [0.4, 0.5) is 0 Å². The Hall–Kier alpha value is -2.53. The summed E-state index contributed by atoms with van der Waals surface area (Å²) in [7, 11) is 0. The van der Waals surface area contributed by atoms with Gasteiger partial charge in [-0.15, -0.1) is 0 Å². The van der Waals surface area contributed by atoms with Gasteiger partial charge < -0.3 is 15.0 Å². The first-order valence-corrected chi connectivity index (χ1v) is 11.4. The fraction of sp³-hybridized carbons (Fsp3) is 0.440. The summed E-state index contributed by atoms with van der Waals surface area (Å²) in [6, 6.07) is 14.6. The van der Waals surface area contributed by atoms with Crippen molar-refractivity contribution in [3.05, 3.63) is 64.7 Å². The van der Waals surface area contributed by atoms with Gasteiger partial charge in [-0.25, -0.2) is 0 Å². The number of carbonyl (C=O) groups excluding carboxylic acids is 2. The van der Waals surface area contributed by atoms with E-state index in [9.17, 15) is 9.59 Å². The van der Waals surface area contributed by atoms with Crippen LogP contribution in [-0.2, 0) is 16.1 Å². The second-order valence-corrected chi connectivity index (χ2v) is 8.60. The van der Waals surface area contributed by atoms with Gasteiger partial charge in [-0.2, -0.15) is 0 Å². The lowest BCUT2D eigenvalue weighted by Crippen LogP contribution is -2.52. The van der Waals surface area contributed by atoms with E-state index in [1.54, 1.807) is 29.2 Å². The molecule has 0 heterocycles. The minimum Gasteiger partial charge on any atom is -0.484 e. The smallest absolute Gasteiger partial charge is 0.261 e. The molecule has 0 spiro atoms. The van der Waals surface area contributed by atoms with Crippen molar-refractivity contribution in [2.75, 3.05) is 6.61 Å². The Morgan fingerprint density at radius 1 is 1.16 bits per heavy atom. The number of hydrogen-bond donors (Lipinski definition) is 1. The van der Waals surface area contributed by atoms with Crippen LogP contribution in [0.5, 0.6) is 5.75 Å². The lowest BCUT2D eigenvalue weighted by Gasteiger charge is -2.31. The molecule has 0 unspecified atom stereocenters. The number of rotatable bonds is 9. The number of ether oxygens (including phenoxy) is 1. The average molecular weight is 443 g/mol. The molecule has 1 N–H and O–H groups in total. The zero-order valence-electron chi connectivity index (χ0n) is 18.3. The standard InChI is InChI=1S/C25H31ClN2O3/c1-3-23(25(30)27-21-8-4-5-9-21)28(16-19-13-11-18(2)12-14-19)24(29)17-31-22-10-6-7-20(26)15-22/h6-7,10-15,21,23H,3-5,8-9,16-17H2,1-2H3,(H,27,30)/t23-/m1/s1. The van der Waals surface area contributed by atoms with Gasteiger partial charge in [0.05, 0.1) is 0 Å². The maximum Gasteiger partial charge on any atom is 0.261 e. The quantitative estimate of drug-likeness (QED) is 0.601. The lowest BCUT2D eigenvalue weighted by atomic mass is 10.1. The molecule has 0 aromatic heterocycles. The van der Waals surface area contributed by atoms with Gasteiger partial charge in [0.25, 0.3) is 5.91 Å². The van der Waals surface area contributed by atoms with Crippen LogP contribution in [0, 0.1) is 6.92 Å². The van der Waals surface area contributed by atoms with E-state index in [4.69, 9.17) is 16.3 Å². The molecule has 31 heavy (non-hydrogen) atoms. The summed E-state index contributed by atoms with van der Waals surface area (Å²) in [4.78, 5) is 27.9. The van der Waals surface area contributed by atoms with Gasteiger partial charge in [-0.1, -0.05) is 67.3 Å². The van der Waals surface area contributed by atoms with Gasteiger partial charge in [0.2, 0.25) is 5.91 Å². The molecule has 1 fully saturated rings. The summed E-state index contributed by atoms with van der Waals surface area (Å²) in [5, 5.41) is 3.70. The van der Waals surface area contributed by atoms with Crippen molar-refractivity contribution in [2.45, 2.75) is 64.6 Å². The summed E-state index contributed by atoms with van der Waals surface area (Å²) in [6.45, 7) is 4.16. The Bertz CT molecular complexity index is 879. The fourth-order valence-electron chi connectivity index (χ4n) is 3.96. The van der Waals surface area contributed by atoms with Crippen molar-refractivity contribution in [3.8, 4) is 5.75 Å². The molecular weight excluding hydrogens is 412 g/mol. The van der Waals surface area contributed by atoms with Crippen LogP contribution in [0.15, 0.2) is 48.5 Å². The molecule has 2 aromatic carbocycles.